The molecule has 1 aliphatic heterocycles. The van der Waals surface area contributed by atoms with Crippen molar-refractivity contribution in [2.24, 2.45) is 7.05 Å². The molecular formula is C13H16BrN3O. The number of rotatable bonds is 2. The van der Waals surface area contributed by atoms with Gasteiger partial charge in [0.15, 0.2) is 0 Å². The number of hydrogen-bond acceptors (Lipinski definition) is 3. The minimum absolute atomic E-state index is 0.283. The van der Waals surface area contributed by atoms with E-state index in [-0.39, 0.29) is 6.04 Å². The summed E-state index contributed by atoms with van der Waals surface area (Å²) in [6, 6.07) is 6.49. The van der Waals surface area contributed by atoms with Crippen LogP contribution in [0.2, 0.25) is 0 Å². The molecule has 1 aromatic heterocycles. The first kappa shape index (κ1) is 12.1. The molecule has 0 amide bonds. The van der Waals surface area contributed by atoms with E-state index < -0.39 is 0 Å². The molecule has 96 valence electrons. The third-order valence-corrected chi connectivity index (χ3v) is 4.11. The number of nitrogens with zero attached hydrogens (tertiary/aromatic N) is 2. The Bertz CT molecular complexity index is 581. The monoisotopic (exact) mass is 309 g/mol. The molecule has 0 saturated carbocycles. The number of nitrogens with one attached hydrogen (secondary N) is 1. The number of aromatic nitrogens is 2. The van der Waals surface area contributed by atoms with Crippen molar-refractivity contribution in [2.45, 2.75) is 18.6 Å². The van der Waals surface area contributed by atoms with Crippen molar-refractivity contribution in [3.63, 3.8) is 0 Å². The van der Waals surface area contributed by atoms with E-state index in [9.17, 15) is 0 Å². The second-order valence-corrected chi connectivity index (χ2v) is 5.63. The Morgan fingerprint density at radius 2 is 2.33 bits per heavy atom. The van der Waals surface area contributed by atoms with Crippen LogP contribution in [0.3, 0.4) is 0 Å². The van der Waals surface area contributed by atoms with Gasteiger partial charge in [-0.3, -0.25) is 0 Å². The molecule has 1 saturated heterocycles. The molecule has 2 unspecified atom stereocenters. The van der Waals surface area contributed by atoms with Crippen molar-refractivity contribution in [1.29, 1.82) is 0 Å². The fraction of sp³-hybridized carbons (Fsp3) is 0.462. The minimum Gasteiger partial charge on any atom is -0.380 e. The first-order valence-electron chi connectivity index (χ1n) is 6.07. The van der Waals surface area contributed by atoms with Gasteiger partial charge in [0.1, 0.15) is 5.82 Å². The molecular weight excluding hydrogens is 294 g/mol. The number of halogens is 1. The number of methoxy groups -OCH3 is 1. The molecule has 0 spiro atoms. The quantitative estimate of drug-likeness (QED) is 0.926. The smallest absolute Gasteiger partial charge is 0.126 e. The van der Waals surface area contributed by atoms with Gasteiger partial charge < -0.3 is 14.6 Å². The molecule has 2 heterocycles. The van der Waals surface area contributed by atoms with E-state index in [2.05, 4.69) is 45.0 Å². The van der Waals surface area contributed by atoms with E-state index in [0.29, 0.717) is 6.10 Å². The Morgan fingerprint density at radius 3 is 3.06 bits per heavy atom. The molecule has 3 rings (SSSR count). The first-order valence-corrected chi connectivity index (χ1v) is 6.86. The highest BCUT2D eigenvalue weighted by Gasteiger charge is 2.28. The lowest BCUT2D eigenvalue weighted by molar-refractivity contribution is 0.117. The van der Waals surface area contributed by atoms with Crippen LogP contribution in [-0.4, -0.2) is 29.3 Å². The highest BCUT2D eigenvalue weighted by atomic mass is 79.9. The van der Waals surface area contributed by atoms with Crippen LogP contribution in [0.1, 0.15) is 18.3 Å². The van der Waals surface area contributed by atoms with E-state index in [4.69, 9.17) is 9.72 Å². The second-order valence-electron chi connectivity index (χ2n) is 4.72. The maximum absolute atomic E-state index is 5.39. The number of imidazole rings is 1. The minimum atomic E-state index is 0.283. The summed E-state index contributed by atoms with van der Waals surface area (Å²) in [6.07, 6.45) is 1.27. The van der Waals surface area contributed by atoms with Crippen molar-refractivity contribution >= 4 is 27.0 Å². The van der Waals surface area contributed by atoms with Crippen LogP contribution in [0.25, 0.3) is 11.0 Å². The van der Waals surface area contributed by atoms with Crippen molar-refractivity contribution in [1.82, 2.24) is 14.9 Å². The molecule has 0 radical (unpaired) electrons. The van der Waals surface area contributed by atoms with Crippen molar-refractivity contribution in [3.8, 4) is 0 Å². The van der Waals surface area contributed by atoms with Gasteiger partial charge in [-0.2, -0.15) is 0 Å². The Morgan fingerprint density at radius 1 is 1.50 bits per heavy atom. The lowest BCUT2D eigenvalue weighted by Gasteiger charge is -2.10. The van der Waals surface area contributed by atoms with Crippen molar-refractivity contribution in [3.05, 3.63) is 28.5 Å². The van der Waals surface area contributed by atoms with Crippen LogP contribution < -0.4 is 5.32 Å². The Balaban J connectivity index is 2.00. The molecule has 0 bridgehead atoms. The number of hydrogen-bond donors (Lipinski definition) is 1. The largest absolute Gasteiger partial charge is 0.380 e. The number of fused-ring (bicyclic) bond motifs is 1. The van der Waals surface area contributed by atoms with E-state index >= 15 is 0 Å². The predicted octanol–water partition coefficient (Wildman–Crippen LogP) is 2.39. The van der Waals surface area contributed by atoms with Crippen molar-refractivity contribution in [2.75, 3.05) is 13.7 Å². The second kappa shape index (κ2) is 4.64. The fourth-order valence-corrected chi connectivity index (χ4v) is 2.93. The standard InChI is InChI=1S/C13H16BrN3O/c1-17-12-4-3-8(14)5-10(12)16-13(17)11-6-9(18-2)7-15-11/h3-5,9,11,15H,6-7H2,1-2H3. The maximum Gasteiger partial charge on any atom is 0.126 e. The van der Waals surface area contributed by atoms with Crippen LogP contribution in [0.4, 0.5) is 0 Å². The lowest BCUT2D eigenvalue weighted by Crippen LogP contribution is -2.18. The van der Waals surface area contributed by atoms with Crippen molar-refractivity contribution < 1.29 is 4.74 Å². The average Bonchev–Trinajstić information content (AvgIpc) is 2.94. The summed E-state index contributed by atoms with van der Waals surface area (Å²) < 4.78 is 8.62. The van der Waals surface area contributed by atoms with Crippen LogP contribution >= 0.6 is 15.9 Å². The van der Waals surface area contributed by atoms with E-state index in [1.165, 1.54) is 0 Å². The molecule has 0 aliphatic carbocycles. The zero-order valence-corrected chi connectivity index (χ0v) is 12.1. The molecule has 2 atom stereocenters. The molecule has 1 aromatic carbocycles. The Hall–Kier alpha value is -0.910. The highest BCUT2D eigenvalue weighted by Crippen LogP contribution is 2.28. The summed E-state index contributed by atoms with van der Waals surface area (Å²) in [5.74, 6) is 1.09. The summed E-state index contributed by atoms with van der Waals surface area (Å²) >= 11 is 3.49. The van der Waals surface area contributed by atoms with Crippen LogP contribution in [0.5, 0.6) is 0 Å². The molecule has 18 heavy (non-hydrogen) atoms. The Kier molecular flexibility index (Phi) is 3.13. The van der Waals surface area contributed by atoms with E-state index in [1.807, 2.05) is 6.07 Å². The van der Waals surface area contributed by atoms with Gasteiger partial charge in [-0.1, -0.05) is 15.9 Å². The lowest BCUT2D eigenvalue weighted by atomic mass is 10.2. The topological polar surface area (TPSA) is 39.1 Å². The molecule has 2 aromatic rings. The predicted molar refractivity (Wildman–Crippen MR) is 74.6 cm³/mol. The number of ether oxygens (including phenoxy) is 1. The first-order chi connectivity index (χ1) is 8.69. The molecule has 5 heteroatoms. The summed E-state index contributed by atoms with van der Waals surface area (Å²) in [5, 5.41) is 3.47. The zero-order valence-electron chi connectivity index (χ0n) is 10.5. The summed E-state index contributed by atoms with van der Waals surface area (Å²) in [7, 11) is 3.83. The number of aryl methyl sites for hydroxylation is 1. The van der Waals surface area contributed by atoms with Gasteiger partial charge in [0.25, 0.3) is 0 Å². The highest BCUT2D eigenvalue weighted by molar-refractivity contribution is 9.10. The van der Waals surface area contributed by atoms with Crippen LogP contribution in [0, 0.1) is 0 Å². The van der Waals surface area contributed by atoms with E-state index in [0.717, 1.165) is 34.3 Å². The third kappa shape index (κ3) is 1.96. The van der Waals surface area contributed by atoms with E-state index in [1.54, 1.807) is 7.11 Å². The summed E-state index contributed by atoms with van der Waals surface area (Å²) in [4.78, 5) is 4.74. The molecule has 1 fully saturated rings. The summed E-state index contributed by atoms with van der Waals surface area (Å²) in [6.45, 7) is 0.897. The maximum atomic E-state index is 5.39. The van der Waals surface area contributed by atoms with Gasteiger partial charge in [-0.25, -0.2) is 4.98 Å². The Labute approximate surface area is 114 Å². The van der Waals surface area contributed by atoms with Gasteiger partial charge in [-0.15, -0.1) is 0 Å². The summed E-state index contributed by atoms with van der Waals surface area (Å²) in [5.41, 5.74) is 2.19. The average molecular weight is 310 g/mol. The van der Waals surface area contributed by atoms with Gasteiger partial charge >= 0.3 is 0 Å². The molecule has 1 aliphatic rings. The number of benzene rings is 1. The third-order valence-electron chi connectivity index (χ3n) is 3.61. The zero-order chi connectivity index (χ0) is 12.7. The van der Waals surface area contributed by atoms with Gasteiger partial charge in [0.05, 0.1) is 23.2 Å². The van der Waals surface area contributed by atoms with Gasteiger partial charge in [0, 0.05) is 25.2 Å². The SMILES string of the molecule is COC1CNC(c2nc3cc(Br)ccc3n2C)C1. The van der Waals surface area contributed by atoms with Gasteiger partial charge in [0.2, 0.25) is 0 Å². The molecule has 1 N–H and O–H groups in total. The van der Waals surface area contributed by atoms with Crippen LogP contribution in [-0.2, 0) is 11.8 Å². The normalized spacial score (nSPS) is 23.9. The van der Waals surface area contributed by atoms with Crippen LogP contribution in [0.15, 0.2) is 22.7 Å². The fourth-order valence-electron chi connectivity index (χ4n) is 2.58. The molecule has 4 nitrogen and oxygen atoms in total. The van der Waals surface area contributed by atoms with Gasteiger partial charge in [-0.05, 0) is 24.6 Å².